The largest absolute Gasteiger partial charge is 0.330 e. The highest BCUT2D eigenvalue weighted by atomic mass is 32.1. The molecule has 0 spiro atoms. The van der Waals surface area contributed by atoms with Gasteiger partial charge in [0.15, 0.2) is 4.96 Å². The molecule has 1 atom stereocenters. The van der Waals surface area contributed by atoms with Crippen molar-refractivity contribution in [1.29, 1.82) is 0 Å². The molecule has 20 heavy (non-hydrogen) atoms. The minimum Gasteiger partial charge on any atom is -0.330 e. The first-order chi connectivity index (χ1) is 9.74. The van der Waals surface area contributed by atoms with E-state index in [-0.39, 0.29) is 11.7 Å². The summed E-state index contributed by atoms with van der Waals surface area (Å²) in [6.45, 7) is 0.571. The molecule has 2 N–H and O–H groups in total. The molecule has 2 aromatic heterocycles. The van der Waals surface area contributed by atoms with Crippen LogP contribution in [0.25, 0.3) is 4.96 Å². The van der Waals surface area contributed by atoms with Crippen molar-refractivity contribution in [3.8, 4) is 0 Å². The summed E-state index contributed by atoms with van der Waals surface area (Å²) in [5.41, 5.74) is 7.88. The van der Waals surface area contributed by atoms with Crippen LogP contribution < -0.4 is 5.73 Å². The number of hydrogen-bond donors (Lipinski definition) is 1. The first-order valence-corrected chi connectivity index (χ1v) is 7.48. The summed E-state index contributed by atoms with van der Waals surface area (Å²) in [5, 5.41) is 2.01. The second-order valence-corrected chi connectivity index (χ2v) is 5.84. The summed E-state index contributed by atoms with van der Waals surface area (Å²) in [6, 6.07) is 6.72. The van der Waals surface area contributed by atoms with Gasteiger partial charge in [0, 0.05) is 17.8 Å². The Morgan fingerprint density at radius 3 is 3.00 bits per heavy atom. The van der Waals surface area contributed by atoms with Crippen molar-refractivity contribution in [3.63, 3.8) is 0 Å². The average Bonchev–Trinajstić information content (AvgIpc) is 2.98. The highest BCUT2D eigenvalue weighted by Crippen LogP contribution is 2.17. The van der Waals surface area contributed by atoms with Crippen molar-refractivity contribution >= 4 is 16.3 Å². The van der Waals surface area contributed by atoms with Crippen molar-refractivity contribution in [2.75, 3.05) is 6.54 Å². The van der Waals surface area contributed by atoms with Gasteiger partial charge in [-0.3, -0.25) is 4.40 Å². The molecule has 3 nitrogen and oxygen atoms in total. The van der Waals surface area contributed by atoms with Gasteiger partial charge in [-0.25, -0.2) is 9.37 Å². The van der Waals surface area contributed by atoms with Crippen LogP contribution in [-0.2, 0) is 12.8 Å². The van der Waals surface area contributed by atoms with Gasteiger partial charge >= 0.3 is 0 Å². The molecular weight excluding hydrogens is 273 g/mol. The Bertz CT molecular complexity index is 675. The molecule has 0 aliphatic rings. The summed E-state index contributed by atoms with van der Waals surface area (Å²) in [7, 11) is 0. The maximum absolute atomic E-state index is 13.2. The van der Waals surface area contributed by atoms with Crippen molar-refractivity contribution in [2.45, 2.75) is 12.8 Å². The molecule has 0 saturated carbocycles. The summed E-state index contributed by atoms with van der Waals surface area (Å²) in [6.07, 6.45) is 5.64. The molecular formula is C15H16FN3S. The quantitative estimate of drug-likeness (QED) is 0.785. The standard InChI is InChI=1S/C15H16FN3S/c16-13-3-1-2-11(7-13)6-12(9-17)8-14-10-19-4-5-20-15(19)18-14/h1-5,7,10,12H,6,8-9,17H2. The molecule has 0 amide bonds. The van der Waals surface area contributed by atoms with Crippen molar-refractivity contribution in [2.24, 2.45) is 11.7 Å². The maximum atomic E-state index is 13.2. The number of fused-ring (bicyclic) bond motifs is 1. The summed E-state index contributed by atoms with van der Waals surface area (Å²) in [5.74, 6) is 0.0854. The Kier molecular flexibility index (Phi) is 3.80. The Morgan fingerprint density at radius 1 is 1.35 bits per heavy atom. The van der Waals surface area contributed by atoms with E-state index in [1.165, 1.54) is 6.07 Å². The molecule has 1 unspecified atom stereocenters. The third-order valence-electron chi connectivity index (χ3n) is 3.39. The van der Waals surface area contributed by atoms with Gasteiger partial charge in [-0.15, -0.1) is 11.3 Å². The van der Waals surface area contributed by atoms with Gasteiger partial charge in [-0.1, -0.05) is 12.1 Å². The van der Waals surface area contributed by atoms with Crippen LogP contribution in [0.5, 0.6) is 0 Å². The minimum atomic E-state index is -0.194. The third-order valence-corrected chi connectivity index (χ3v) is 4.16. The Morgan fingerprint density at radius 2 is 2.25 bits per heavy atom. The van der Waals surface area contributed by atoms with E-state index >= 15 is 0 Å². The molecule has 3 aromatic rings. The Labute approximate surface area is 120 Å². The molecule has 0 fully saturated rings. The second-order valence-electron chi connectivity index (χ2n) is 4.96. The van der Waals surface area contributed by atoms with Gasteiger partial charge in [0.05, 0.1) is 5.69 Å². The van der Waals surface area contributed by atoms with Crippen LogP contribution in [-0.4, -0.2) is 15.9 Å². The molecule has 5 heteroatoms. The monoisotopic (exact) mass is 289 g/mol. The number of imidazole rings is 1. The van der Waals surface area contributed by atoms with Gasteiger partial charge in [-0.2, -0.15) is 0 Å². The van der Waals surface area contributed by atoms with Gasteiger partial charge in [-0.05, 0) is 43.0 Å². The molecule has 0 radical (unpaired) electrons. The summed E-state index contributed by atoms with van der Waals surface area (Å²) in [4.78, 5) is 5.57. The van der Waals surface area contributed by atoms with Gasteiger partial charge < -0.3 is 5.73 Å². The van der Waals surface area contributed by atoms with E-state index in [0.29, 0.717) is 6.54 Å². The zero-order valence-electron chi connectivity index (χ0n) is 11.0. The van der Waals surface area contributed by atoms with Crippen molar-refractivity contribution in [1.82, 2.24) is 9.38 Å². The van der Waals surface area contributed by atoms with Crippen LogP contribution >= 0.6 is 11.3 Å². The number of aromatic nitrogens is 2. The van der Waals surface area contributed by atoms with Gasteiger partial charge in [0.2, 0.25) is 0 Å². The number of hydrogen-bond acceptors (Lipinski definition) is 3. The number of rotatable bonds is 5. The van der Waals surface area contributed by atoms with Crippen LogP contribution in [0.2, 0.25) is 0 Å². The first kappa shape index (κ1) is 13.3. The fourth-order valence-electron chi connectivity index (χ4n) is 2.41. The predicted molar refractivity (Wildman–Crippen MR) is 79.4 cm³/mol. The number of nitrogens with zero attached hydrogens (tertiary/aromatic N) is 2. The van der Waals surface area contributed by atoms with Crippen LogP contribution in [0, 0.1) is 11.7 Å². The van der Waals surface area contributed by atoms with Crippen LogP contribution in [0.15, 0.2) is 42.0 Å². The molecule has 0 bridgehead atoms. The number of nitrogens with two attached hydrogens (primary N) is 1. The van der Waals surface area contributed by atoms with Crippen LogP contribution in [0.1, 0.15) is 11.3 Å². The molecule has 1 aromatic carbocycles. The zero-order valence-corrected chi connectivity index (χ0v) is 11.8. The zero-order chi connectivity index (χ0) is 13.9. The lowest BCUT2D eigenvalue weighted by molar-refractivity contribution is 0.525. The van der Waals surface area contributed by atoms with Gasteiger partial charge in [0.25, 0.3) is 0 Å². The Balaban J connectivity index is 1.72. The Hall–Kier alpha value is -1.72. The average molecular weight is 289 g/mol. The normalized spacial score (nSPS) is 12.9. The second kappa shape index (κ2) is 5.73. The smallest absolute Gasteiger partial charge is 0.193 e. The van der Waals surface area contributed by atoms with E-state index in [0.717, 1.165) is 29.1 Å². The van der Waals surface area contributed by atoms with E-state index in [1.807, 2.05) is 28.2 Å². The fraction of sp³-hybridized carbons (Fsp3) is 0.267. The topological polar surface area (TPSA) is 43.3 Å². The minimum absolute atomic E-state index is 0.194. The lowest BCUT2D eigenvalue weighted by Crippen LogP contribution is -2.19. The number of benzene rings is 1. The molecule has 0 aliphatic heterocycles. The van der Waals surface area contributed by atoms with E-state index < -0.39 is 0 Å². The van der Waals surface area contributed by atoms with Crippen molar-refractivity contribution in [3.05, 3.63) is 59.1 Å². The predicted octanol–water partition coefficient (Wildman–Crippen LogP) is 2.90. The van der Waals surface area contributed by atoms with E-state index in [1.54, 1.807) is 23.5 Å². The molecule has 3 rings (SSSR count). The first-order valence-electron chi connectivity index (χ1n) is 6.60. The van der Waals surface area contributed by atoms with E-state index in [9.17, 15) is 4.39 Å². The number of halogens is 1. The third kappa shape index (κ3) is 2.89. The summed E-state index contributed by atoms with van der Waals surface area (Å²) < 4.78 is 15.2. The summed E-state index contributed by atoms with van der Waals surface area (Å²) >= 11 is 1.62. The van der Waals surface area contributed by atoms with Crippen LogP contribution in [0.3, 0.4) is 0 Å². The van der Waals surface area contributed by atoms with E-state index in [4.69, 9.17) is 5.73 Å². The molecule has 2 heterocycles. The molecule has 0 saturated heterocycles. The maximum Gasteiger partial charge on any atom is 0.193 e. The number of thiazole rings is 1. The molecule has 0 aliphatic carbocycles. The lowest BCUT2D eigenvalue weighted by atomic mass is 9.95. The highest BCUT2D eigenvalue weighted by Gasteiger charge is 2.12. The lowest BCUT2D eigenvalue weighted by Gasteiger charge is -2.13. The fourth-order valence-corrected chi connectivity index (χ4v) is 3.13. The highest BCUT2D eigenvalue weighted by molar-refractivity contribution is 7.15. The van der Waals surface area contributed by atoms with Crippen molar-refractivity contribution < 1.29 is 4.39 Å². The molecule has 104 valence electrons. The SMILES string of the molecule is NCC(Cc1cccc(F)c1)Cc1cn2ccsc2n1. The van der Waals surface area contributed by atoms with E-state index in [2.05, 4.69) is 4.98 Å². The van der Waals surface area contributed by atoms with Crippen LogP contribution in [0.4, 0.5) is 4.39 Å². The van der Waals surface area contributed by atoms with Gasteiger partial charge in [0.1, 0.15) is 5.82 Å².